The summed E-state index contributed by atoms with van der Waals surface area (Å²) in [5, 5.41) is 12.5. The molecule has 3 amide bonds. The van der Waals surface area contributed by atoms with Crippen LogP contribution in [0, 0.1) is 27.8 Å². The Morgan fingerprint density at radius 1 is 1.03 bits per heavy atom. The van der Waals surface area contributed by atoms with Gasteiger partial charge in [0.15, 0.2) is 5.78 Å². The number of carbonyl (C=O) groups excluding carboxylic acids is 4. The molecule has 0 bridgehead atoms. The number of hydrazine groups is 1. The number of hydrogen-bond donors (Lipinski definition) is 0. The van der Waals surface area contributed by atoms with E-state index in [2.05, 4.69) is 0 Å². The number of ketones is 1. The summed E-state index contributed by atoms with van der Waals surface area (Å²) in [6.07, 6.45) is 2.60. The predicted octanol–water partition coefficient (Wildman–Crippen LogP) is 3.32. The summed E-state index contributed by atoms with van der Waals surface area (Å²) in [4.78, 5) is 63.0. The van der Waals surface area contributed by atoms with Crippen molar-refractivity contribution in [1.29, 1.82) is 0 Å². The van der Waals surface area contributed by atoms with E-state index in [1.807, 2.05) is 13.0 Å². The molecule has 2 aromatic carbocycles. The van der Waals surface area contributed by atoms with Crippen LogP contribution < -0.4 is 0 Å². The summed E-state index contributed by atoms with van der Waals surface area (Å²) in [5.41, 5.74) is 0.769. The second kappa shape index (κ2) is 8.97. The first kappa shape index (κ1) is 23.0. The molecule has 2 aliphatic rings. The fourth-order valence-electron chi connectivity index (χ4n) is 4.23. The third-order valence-corrected chi connectivity index (χ3v) is 6.06. The highest BCUT2D eigenvalue weighted by Crippen LogP contribution is 2.38. The molecule has 0 unspecified atom stereocenters. The van der Waals surface area contributed by atoms with Gasteiger partial charge in [0.2, 0.25) is 0 Å². The van der Waals surface area contributed by atoms with E-state index in [-0.39, 0.29) is 16.8 Å². The van der Waals surface area contributed by atoms with Gasteiger partial charge in [-0.1, -0.05) is 11.6 Å². The number of amides is 3. The minimum atomic E-state index is -0.838. The zero-order valence-corrected chi connectivity index (χ0v) is 18.1. The number of nitro benzene ring substituents is 1. The van der Waals surface area contributed by atoms with E-state index in [0.29, 0.717) is 12.8 Å². The third kappa shape index (κ3) is 4.21. The quantitative estimate of drug-likeness (QED) is 0.212. The molecule has 34 heavy (non-hydrogen) atoms. The molecular weight excluding hydrogens is 445 g/mol. The number of nitro groups is 1. The molecule has 0 radical (unpaired) electrons. The zero-order valence-electron chi connectivity index (χ0n) is 18.1. The SMILES string of the molecule is CC1=CC[C@H]2C(=O)N(N(CC(=O)c3ccc(F)cc3)C(=O)c3ccc([N+](=O)[O-])cc3)C(=O)[C@H]2C1. The smallest absolute Gasteiger partial charge is 0.273 e. The van der Waals surface area contributed by atoms with Gasteiger partial charge in [-0.3, -0.25) is 29.3 Å². The Balaban J connectivity index is 1.69. The largest absolute Gasteiger partial charge is 0.292 e. The van der Waals surface area contributed by atoms with Gasteiger partial charge < -0.3 is 0 Å². The number of benzene rings is 2. The first-order valence-corrected chi connectivity index (χ1v) is 10.6. The van der Waals surface area contributed by atoms with Gasteiger partial charge in [-0.15, -0.1) is 0 Å². The van der Waals surface area contributed by atoms with Gasteiger partial charge in [0, 0.05) is 23.3 Å². The van der Waals surface area contributed by atoms with Crippen LogP contribution in [0.1, 0.15) is 40.5 Å². The lowest BCUT2D eigenvalue weighted by Gasteiger charge is -2.30. The Morgan fingerprint density at radius 2 is 1.62 bits per heavy atom. The van der Waals surface area contributed by atoms with Crippen LogP contribution in [0.15, 0.2) is 60.2 Å². The van der Waals surface area contributed by atoms with E-state index >= 15 is 0 Å². The maximum Gasteiger partial charge on any atom is 0.273 e. The van der Waals surface area contributed by atoms with Crippen LogP contribution in [0.2, 0.25) is 0 Å². The summed E-state index contributed by atoms with van der Waals surface area (Å²) < 4.78 is 13.3. The van der Waals surface area contributed by atoms with E-state index in [0.717, 1.165) is 39.9 Å². The van der Waals surface area contributed by atoms with Gasteiger partial charge in [0.25, 0.3) is 23.4 Å². The van der Waals surface area contributed by atoms with Gasteiger partial charge in [-0.25, -0.2) is 9.40 Å². The molecule has 2 atom stereocenters. The minimum absolute atomic E-state index is 0.0396. The minimum Gasteiger partial charge on any atom is -0.292 e. The van der Waals surface area contributed by atoms with Crippen molar-refractivity contribution in [3.05, 3.63) is 87.2 Å². The van der Waals surface area contributed by atoms with Crippen LogP contribution in [0.5, 0.6) is 0 Å². The van der Waals surface area contributed by atoms with Crippen molar-refractivity contribution < 1.29 is 28.5 Å². The van der Waals surface area contributed by atoms with Crippen LogP contribution >= 0.6 is 0 Å². The second-order valence-corrected chi connectivity index (χ2v) is 8.29. The lowest BCUT2D eigenvalue weighted by molar-refractivity contribution is -0.384. The third-order valence-electron chi connectivity index (χ3n) is 6.06. The monoisotopic (exact) mass is 465 g/mol. The fourth-order valence-corrected chi connectivity index (χ4v) is 4.23. The van der Waals surface area contributed by atoms with Gasteiger partial charge >= 0.3 is 0 Å². The number of hydrogen-bond acceptors (Lipinski definition) is 6. The van der Waals surface area contributed by atoms with Crippen molar-refractivity contribution >= 4 is 29.2 Å². The van der Waals surface area contributed by atoms with Crippen LogP contribution in [-0.2, 0) is 9.59 Å². The van der Waals surface area contributed by atoms with Crippen LogP contribution in [0.3, 0.4) is 0 Å². The summed E-state index contributed by atoms with van der Waals surface area (Å²) in [6.45, 7) is 1.21. The molecule has 2 aromatic rings. The molecular formula is C24H20FN3O6. The molecule has 9 nitrogen and oxygen atoms in total. The summed E-state index contributed by atoms with van der Waals surface area (Å²) in [7, 11) is 0. The topological polar surface area (TPSA) is 118 Å². The van der Waals surface area contributed by atoms with Crippen molar-refractivity contribution in [3.8, 4) is 0 Å². The van der Waals surface area contributed by atoms with E-state index < -0.39 is 52.6 Å². The number of nitrogens with zero attached hydrogens (tertiary/aromatic N) is 3. The fraction of sp³-hybridized carbons (Fsp3) is 0.250. The van der Waals surface area contributed by atoms with Gasteiger partial charge in [0.05, 0.1) is 16.8 Å². The number of fused-ring (bicyclic) bond motifs is 1. The van der Waals surface area contributed by atoms with Gasteiger partial charge in [0.1, 0.15) is 12.4 Å². The van der Waals surface area contributed by atoms with Crippen molar-refractivity contribution in [2.75, 3.05) is 6.54 Å². The van der Waals surface area contributed by atoms with Crippen molar-refractivity contribution in [2.24, 2.45) is 11.8 Å². The number of halogens is 1. The zero-order chi connectivity index (χ0) is 24.6. The van der Waals surface area contributed by atoms with Crippen molar-refractivity contribution in [3.63, 3.8) is 0 Å². The normalized spacial score (nSPS) is 19.5. The number of rotatable bonds is 6. The maximum absolute atomic E-state index is 13.4. The van der Waals surface area contributed by atoms with Gasteiger partial charge in [-0.05, 0) is 56.2 Å². The van der Waals surface area contributed by atoms with E-state index in [9.17, 15) is 33.7 Å². The Kier molecular flexibility index (Phi) is 6.06. The van der Waals surface area contributed by atoms with Crippen molar-refractivity contribution in [1.82, 2.24) is 10.0 Å². The molecule has 1 aliphatic heterocycles. The maximum atomic E-state index is 13.4. The molecule has 0 spiro atoms. The highest BCUT2D eigenvalue weighted by atomic mass is 19.1. The molecule has 10 heteroatoms. The molecule has 1 heterocycles. The average Bonchev–Trinajstić information content (AvgIpc) is 3.06. The molecule has 1 aliphatic carbocycles. The molecule has 1 saturated heterocycles. The first-order chi connectivity index (χ1) is 16.2. The van der Waals surface area contributed by atoms with E-state index in [4.69, 9.17) is 0 Å². The average molecular weight is 465 g/mol. The number of non-ortho nitro benzene ring substituents is 1. The van der Waals surface area contributed by atoms with Crippen LogP contribution in [0.25, 0.3) is 0 Å². The summed E-state index contributed by atoms with van der Waals surface area (Å²) in [6, 6.07) is 9.29. The Bertz CT molecular complexity index is 1220. The highest BCUT2D eigenvalue weighted by Gasteiger charge is 2.51. The molecule has 0 N–H and O–H groups in total. The van der Waals surface area contributed by atoms with E-state index in [1.54, 1.807) is 0 Å². The molecule has 174 valence electrons. The summed E-state index contributed by atoms with van der Waals surface area (Å²) >= 11 is 0. The van der Waals surface area contributed by atoms with Crippen molar-refractivity contribution in [2.45, 2.75) is 19.8 Å². The summed E-state index contributed by atoms with van der Waals surface area (Å²) in [5.74, 6) is -4.43. The van der Waals surface area contributed by atoms with E-state index in [1.165, 1.54) is 24.3 Å². The standard InChI is InChI=1S/C24H20FN3O6/c1-14-2-11-19-20(12-14)24(32)27(23(19)31)26(13-21(29)15-3-7-17(25)8-4-15)22(30)16-5-9-18(10-6-16)28(33)34/h2-10,19-20H,11-13H2,1H3/t19-,20+/m1/s1. The number of Topliss-reactive ketones (excluding diaryl/α,β-unsaturated/α-hetero) is 1. The lowest BCUT2D eigenvalue weighted by Crippen LogP contribution is -2.52. The van der Waals surface area contributed by atoms with Gasteiger partial charge in [-0.2, -0.15) is 5.01 Å². The number of imide groups is 1. The lowest BCUT2D eigenvalue weighted by atomic mass is 9.82. The Labute approximate surface area is 193 Å². The van der Waals surface area contributed by atoms with Crippen LogP contribution in [-0.4, -0.2) is 45.0 Å². The molecule has 4 rings (SSSR count). The predicted molar refractivity (Wildman–Crippen MR) is 117 cm³/mol. The number of allylic oxidation sites excluding steroid dienone is 2. The highest BCUT2D eigenvalue weighted by molar-refractivity contribution is 6.09. The Hall–Kier alpha value is -4.21. The number of carbonyl (C=O) groups is 4. The van der Waals surface area contributed by atoms with Crippen LogP contribution in [0.4, 0.5) is 10.1 Å². The molecule has 1 fully saturated rings. The molecule has 0 aromatic heterocycles. The first-order valence-electron chi connectivity index (χ1n) is 10.6. The Morgan fingerprint density at radius 3 is 2.24 bits per heavy atom. The molecule has 0 saturated carbocycles. The second-order valence-electron chi connectivity index (χ2n) is 8.29.